The smallest absolute Gasteiger partial charge is 0.246 e. The topological polar surface area (TPSA) is 50.5 Å². The Bertz CT molecular complexity index is 1030. The molecule has 4 nitrogen and oxygen atoms in total. The number of fused-ring (bicyclic) bond motifs is 1. The fourth-order valence-electron chi connectivity index (χ4n) is 2.76. The molecule has 132 valence electrons. The summed E-state index contributed by atoms with van der Waals surface area (Å²) >= 11 is 0. The SMILES string of the molecule is CCc1oc2ccccc2c1CN(C)S(=O)(=O)c1cc(F)ccc1F. The molecule has 25 heavy (non-hydrogen) atoms. The Morgan fingerprint density at radius 1 is 1.12 bits per heavy atom. The van der Waals surface area contributed by atoms with Crippen LogP contribution in [-0.2, 0) is 23.0 Å². The van der Waals surface area contributed by atoms with Gasteiger partial charge in [0.05, 0.1) is 0 Å². The van der Waals surface area contributed by atoms with Gasteiger partial charge >= 0.3 is 0 Å². The standard InChI is InChI=1S/C18H17F2NO3S/c1-3-16-14(13-6-4-5-7-17(13)24-16)11-21(2)25(22,23)18-10-12(19)8-9-15(18)20/h4-10H,3,11H2,1-2H3. The van der Waals surface area contributed by atoms with Gasteiger partial charge in [0.1, 0.15) is 27.9 Å². The van der Waals surface area contributed by atoms with E-state index < -0.39 is 26.6 Å². The number of para-hydroxylation sites is 1. The molecule has 0 unspecified atom stereocenters. The Kier molecular flexibility index (Phi) is 4.62. The van der Waals surface area contributed by atoms with Crippen LogP contribution < -0.4 is 0 Å². The third-order valence-electron chi connectivity index (χ3n) is 4.07. The lowest BCUT2D eigenvalue weighted by Crippen LogP contribution is -2.27. The highest BCUT2D eigenvalue weighted by Gasteiger charge is 2.27. The van der Waals surface area contributed by atoms with Crippen molar-refractivity contribution in [2.45, 2.75) is 24.8 Å². The number of benzene rings is 2. The number of aryl methyl sites for hydroxylation is 1. The van der Waals surface area contributed by atoms with Gasteiger partial charge in [0.15, 0.2) is 0 Å². The van der Waals surface area contributed by atoms with Gasteiger partial charge in [0, 0.05) is 31.0 Å². The lowest BCUT2D eigenvalue weighted by atomic mass is 10.1. The summed E-state index contributed by atoms with van der Waals surface area (Å²) in [5, 5.41) is 0.807. The minimum Gasteiger partial charge on any atom is -0.461 e. The Morgan fingerprint density at radius 2 is 1.84 bits per heavy atom. The number of rotatable bonds is 5. The van der Waals surface area contributed by atoms with Crippen molar-refractivity contribution in [1.82, 2.24) is 4.31 Å². The average molecular weight is 365 g/mol. The van der Waals surface area contributed by atoms with E-state index in [-0.39, 0.29) is 6.54 Å². The first kappa shape index (κ1) is 17.6. The van der Waals surface area contributed by atoms with E-state index in [0.717, 1.165) is 27.4 Å². The maximum Gasteiger partial charge on any atom is 0.246 e. The predicted octanol–water partition coefficient (Wildman–Crippen LogP) is 4.09. The number of sulfonamides is 1. The molecule has 0 radical (unpaired) electrons. The zero-order valence-corrected chi connectivity index (χ0v) is 14.6. The van der Waals surface area contributed by atoms with Crippen molar-refractivity contribution in [2.24, 2.45) is 0 Å². The number of furan rings is 1. The van der Waals surface area contributed by atoms with Crippen molar-refractivity contribution in [3.8, 4) is 0 Å². The van der Waals surface area contributed by atoms with Gasteiger partial charge in [-0.2, -0.15) is 4.31 Å². The van der Waals surface area contributed by atoms with Crippen molar-refractivity contribution in [3.05, 3.63) is 65.4 Å². The summed E-state index contributed by atoms with van der Waals surface area (Å²) in [4.78, 5) is -0.680. The summed E-state index contributed by atoms with van der Waals surface area (Å²) in [6.07, 6.45) is 0.590. The molecule has 0 saturated carbocycles. The highest BCUT2D eigenvalue weighted by Crippen LogP contribution is 2.29. The van der Waals surface area contributed by atoms with Gasteiger partial charge in [0.25, 0.3) is 0 Å². The maximum absolute atomic E-state index is 13.9. The lowest BCUT2D eigenvalue weighted by Gasteiger charge is -2.18. The molecule has 0 spiro atoms. The third-order valence-corrected chi connectivity index (χ3v) is 5.88. The second kappa shape index (κ2) is 6.57. The van der Waals surface area contributed by atoms with Gasteiger partial charge in [-0.05, 0) is 24.3 Å². The maximum atomic E-state index is 13.9. The second-order valence-electron chi connectivity index (χ2n) is 5.69. The lowest BCUT2D eigenvalue weighted by molar-refractivity contribution is 0.452. The number of hydrogen-bond donors (Lipinski definition) is 0. The molecule has 1 aromatic heterocycles. The average Bonchev–Trinajstić information content (AvgIpc) is 2.94. The molecule has 2 aromatic carbocycles. The van der Waals surface area contributed by atoms with Crippen LogP contribution in [0.15, 0.2) is 51.8 Å². The molecule has 3 rings (SSSR count). The highest BCUT2D eigenvalue weighted by molar-refractivity contribution is 7.89. The van der Waals surface area contributed by atoms with Gasteiger partial charge in [-0.3, -0.25) is 0 Å². The first-order valence-corrected chi connectivity index (χ1v) is 9.19. The van der Waals surface area contributed by atoms with Crippen LogP contribution in [0.2, 0.25) is 0 Å². The van der Waals surface area contributed by atoms with E-state index in [4.69, 9.17) is 4.42 Å². The fraction of sp³-hybridized carbons (Fsp3) is 0.222. The molecule has 3 aromatic rings. The zero-order valence-electron chi connectivity index (χ0n) is 13.8. The molecular weight excluding hydrogens is 348 g/mol. The van der Waals surface area contributed by atoms with E-state index in [0.29, 0.717) is 23.8 Å². The van der Waals surface area contributed by atoms with Crippen LogP contribution in [0.3, 0.4) is 0 Å². The van der Waals surface area contributed by atoms with Crippen LogP contribution in [0.1, 0.15) is 18.2 Å². The second-order valence-corrected chi connectivity index (χ2v) is 7.70. The number of hydrogen-bond acceptors (Lipinski definition) is 3. The van der Waals surface area contributed by atoms with Gasteiger partial charge < -0.3 is 4.42 Å². The minimum absolute atomic E-state index is 0.00151. The van der Waals surface area contributed by atoms with E-state index in [9.17, 15) is 17.2 Å². The molecule has 0 aliphatic heterocycles. The van der Waals surface area contributed by atoms with Gasteiger partial charge in [-0.15, -0.1) is 0 Å². The fourth-order valence-corrected chi connectivity index (χ4v) is 3.97. The Hall–Kier alpha value is -2.25. The van der Waals surface area contributed by atoms with Crippen LogP contribution >= 0.6 is 0 Å². The van der Waals surface area contributed by atoms with Crippen LogP contribution in [0.4, 0.5) is 8.78 Å². The molecule has 1 heterocycles. The summed E-state index contributed by atoms with van der Waals surface area (Å²) in [5.41, 5.74) is 1.39. The van der Waals surface area contributed by atoms with Gasteiger partial charge in [-0.25, -0.2) is 17.2 Å². The van der Waals surface area contributed by atoms with Crippen molar-refractivity contribution < 1.29 is 21.6 Å². The van der Waals surface area contributed by atoms with Crippen LogP contribution in [0.25, 0.3) is 11.0 Å². The summed E-state index contributed by atoms with van der Waals surface area (Å²) in [5.74, 6) is -1.12. The molecule has 0 aliphatic rings. The molecular formula is C18H17F2NO3S. The van der Waals surface area contributed by atoms with Crippen molar-refractivity contribution in [1.29, 1.82) is 0 Å². The van der Waals surface area contributed by atoms with Crippen molar-refractivity contribution in [2.75, 3.05) is 7.05 Å². The normalized spacial score (nSPS) is 12.2. The largest absolute Gasteiger partial charge is 0.461 e. The molecule has 0 fully saturated rings. The molecule has 0 amide bonds. The van der Waals surface area contributed by atoms with E-state index in [1.165, 1.54) is 7.05 Å². The molecule has 0 aliphatic carbocycles. The highest BCUT2D eigenvalue weighted by atomic mass is 32.2. The van der Waals surface area contributed by atoms with Gasteiger partial charge in [0.2, 0.25) is 10.0 Å². The van der Waals surface area contributed by atoms with Crippen molar-refractivity contribution in [3.63, 3.8) is 0 Å². The summed E-state index contributed by atoms with van der Waals surface area (Å²) in [6.45, 7) is 1.90. The quantitative estimate of drug-likeness (QED) is 0.684. The third kappa shape index (κ3) is 3.17. The van der Waals surface area contributed by atoms with Crippen LogP contribution in [-0.4, -0.2) is 19.8 Å². The van der Waals surface area contributed by atoms with Crippen LogP contribution in [0, 0.1) is 11.6 Å². The van der Waals surface area contributed by atoms with E-state index >= 15 is 0 Å². The van der Waals surface area contributed by atoms with Crippen LogP contribution in [0.5, 0.6) is 0 Å². The summed E-state index contributed by atoms with van der Waals surface area (Å²) in [7, 11) is -2.85. The Balaban J connectivity index is 2.02. The monoisotopic (exact) mass is 365 g/mol. The summed E-state index contributed by atoms with van der Waals surface area (Å²) in [6, 6.07) is 9.69. The number of halogens is 2. The first-order valence-electron chi connectivity index (χ1n) is 7.75. The number of nitrogens with zero attached hydrogens (tertiary/aromatic N) is 1. The Labute approximate surface area is 144 Å². The molecule has 0 atom stereocenters. The zero-order chi connectivity index (χ0) is 18.2. The van der Waals surface area contributed by atoms with Gasteiger partial charge in [-0.1, -0.05) is 25.1 Å². The molecule has 7 heteroatoms. The predicted molar refractivity (Wildman–Crippen MR) is 90.6 cm³/mol. The Morgan fingerprint density at radius 3 is 2.56 bits per heavy atom. The van der Waals surface area contributed by atoms with E-state index in [2.05, 4.69) is 0 Å². The minimum atomic E-state index is -4.19. The van der Waals surface area contributed by atoms with E-state index in [1.54, 1.807) is 6.07 Å². The molecule has 0 N–H and O–H groups in total. The first-order chi connectivity index (χ1) is 11.8. The molecule has 0 bridgehead atoms. The van der Waals surface area contributed by atoms with E-state index in [1.807, 2.05) is 25.1 Å². The molecule has 0 saturated heterocycles. The summed E-state index contributed by atoms with van der Waals surface area (Å²) < 4.78 is 59.4. The van der Waals surface area contributed by atoms with Crippen molar-refractivity contribution >= 4 is 21.0 Å².